The van der Waals surface area contributed by atoms with Gasteiger partial charge in [-0.05, 0) is 20.8 Å². The topological polar surface area (TPSA) is 18.5 Å². The number of ether oxygens (including phenoxy) is 2. The summed E-state index contributed by atoms with van der Waals surface area (Å²) < 4.78 is 11.6. The molecule has 1 heterocycles. The summed E-state index contributed by atoms with van der Waals surface area (Å²) in [6.07, 6.45) is 0.883. The molecule has 2 nitrogen and oxygen atoms in total. The molecular formula is C13H17LiO2. The molecule has 2 atom stereocenters. The van der Waals surface area contributed by atoms with Gasteiger partial charge < -0.3 is 9.47 Å². The molecule has 0 spiro atoms. The van der Waals surface area contributed by atoms with E-state index in [-0.39, 0.29) is 36.9 Å². The van der Waals surface area contributed by atoms with Crippen molar-refractivity contribution in [2.45, 2.75) is 45.2 Å². The molecule has 0 bridgehead atoms. The van der Waals surface area contributed by atoms with Crippen molar-refractivity contribution in [2.75, 3.05) is 0 Å². The van der Waals surface area contributed by atoms with Crippen LogP contribution in [0.4, 0.5) is 0 Å². The van der Waals surface area contributed by atoms with Crippen LogP contribution in [0.25, 0.3) is 0 Å². The van der Waals surface area contributed by atoms with Gasteiger partial charge in [-0.2, -0.15) is 30.3 Å². The molecular weight excluding hydrogens is 195 g/mol. The second kappa shape index (κ2) is 5.38. The van der Waals surface area contributed by atoms with Gasteiger partial charge in [0.2, 0.25) is 0 Å². The summed E-state index contributed by atoms with van der Waals surface area (Å²) >= 11 is 0. The predicted molar refractivity (Wildman–Crippen MR) is 58.3 cm³/mol. The molecule has 16 heavy (non-hydrogen) atoms. The van der Waals surface area contributed by atoms with Crippen molar-refractivity contribution in [2.24, 2.45) is 0 Å². The van der Waals surface area contributed by atoms with Crippen LogP contribution in [0.5, 0.6) is 0 Å². The van der Waals surface area contributed by atoms with Crippen LogP contribution in [0, 0.1) is 6.07 Å². The van der Waals surface area contributed by atoms with Gasteiger partial charge >= 0.3 is 18.9 Å². The van der Waals surface area contributed by atoms with Crippen molar-refractivity contribution in [1.29, 1.82) is 0 Å². The Morgan fingerprint density at radius 3 is 2.69 bits per heavy atom. The molecule has 0 radical (unpaired) electrons. The van der Waals surface area contributed by atoms with E-state index in [1.165, 1.54) is 0 Å². The van der Waals surface area contributed by atoms with Gasteiger partial charge in [-0.3, -0.25) is 0 Å². The standard InChI is InChI=1S/C13H17O2.Li/c1-10-9-13(2,3)15-12(14-10)11-7-5-4-6-8-11;/h4-7,10,12H,9H2,1-3H3;/q-1;+1/t10-,12-;/m1./s1. The zero-order chi connectivity index (χ0) is 10.9. The minimum atomic E-state index is -0.273. The maximum atomic E-state index is 5.88. The van der Waals surface area contributed by atoms with E-state index in [4.69, 9.17) is 9.47 Å². The first-order valence-corrected chi connectivity index (χ1v) is 5.37. The van der Waals surface area contributed by atoms with E-state index in [0.717, 1.165) is 12.0 Å². The molecule has 1 saturated heterocycles. The maximum Gasteiger partial charge on any atom is 1.00 e. The largest absolute Gasteiger partial charge is 1.00 e. The fourth-order valence-electron chi connectivity index (χ4n) is 2.01. The molecule has 0 aliphatic carbocycles. The molecule has 1 aliphatic heterocycles. The van der Waals surface area contributed by atoms with E-state index in [9.17, 15) is 0 Å². The monoisotopic (exact) mass is 212 g/mol. The first-order chi connectivity index (χ1) is 7.07. The molecule has 0 saturated carbocycles. The van der Waals surface area contributed by atoms with Gasteiger partial charge in [-0.15, -0.1) is 5.56 Å². The van der Waals surface area contributed by atoms with Gasteiger partial charge in [0.05, 0.1) is 11.7 Å². The Hall–Kier alpha value is -0.263. The fraction of sp³-hybridized carbons (Fsp3) is 0.538. The molecule has 82 valence electrons. The number of hydrogen-bond donors (Lipinski definition) is 0. The molecule has 0 amide bonds. The maximum absolute atomic E-state index is 5.88. The summed E-state index contributed by atoms with van der Waals surface area (Å²) in [5.74, 6) is 0. The normalized spacial score (nSPS) is 28.2. The van der Waals surface area contributed by atoms with E-state index >= 15 is 0 Å². The third-order valence-electron chi connectivity index (χ3n) is 2.55. The summed E-state index contributed by atoms with van der Waals surface area (Å²) in [5.41, 5.74) is 0.851. The number of rotatable bonds is 1. The number of hydrogen-bond acceptors (Lipinski definition) is 2. The molecule has 0 unspecified atom stereocenters. The SMILES string of the molecule is C[C@@H]1CC(C)(C)O[C@H](c2[c-]cccc2)O1.[Li+]. The molecule has 1 aromatic carbocycles. The van der Waals surface area contributed by atoms with Gasteiger partial charge in [-0.25, -0.2) is 0 Å². The van der Waals surface area contributed by atoms with E-state index in [2.05, 4.69) is 26.8 Å². The second-order valence-corrected chi connectivity index (χ2v) is 4.68. The molecule has 1 fully saturated rings. The minimum absolute atomic E-state index is 0. The third-order valence-corrected chi connectivity index (χ3v) is 2.55. The minimum Gasteiger partial charge on any atom is -0.347 e. The van der Waals surface area contributed by atoms with Gasteiger partial charge in [0.15, 0.2) is 6.29 Å². The average Bonchev–Trinajstić information content (AvgIpc) is 2.16. The van der Waals surface area contributed by atoms with Gasteiger partial charge in [0.25, 0.3) is 0 Å². The third kappa shape index (κ3) is 3.36. The molecule has 0 N–H and O–H groups in total. The van der Waals surface area contributed by atoms with Gasteiger partial charge in [-0.1, -0.05) is 0 Å². The average molecular weight is 212 g/mol. The van der Waals surface area contributed by atoms with Crippen molar-refractivity contribution in [1.82, 2.24) is 0 Å². The molecule has 2 rings (SSSR count). The van der Waals surface area contributed by atoms with Crippen molar-refractivity contribution in [3.8, 4) is 0 Å². The van der Waals surface area contributed by atoms with Crippen molar-refractivity contribution >= 4 is 0 Å². The smallest absolute Gasteiger partial charge is 0.347 e. The van der Waals surface area contributed by atoms with E-state index in [1.54, 1.807) is 0 Å². The van der Waals surface area contributed by atoms with Crippen LogP contribution in [0.15, 0.2) is 24.3 Å². The van der Waals surface area contributed by atoms with Gasteiger partial charge in [0.1, 0.15) is 0 Å². The fourth-order valence-corrected chi connectivity index (χ4v) is 2.01. The first kappa shape index (κ1) is 13.8. The van der Waals surface area contributed by atoms with Crippen molar-refractivity contribution in [3.05, 3.63) is 35.9 Å². The Labute approximate surface area is 110 Å². The summed E-state index contributed by atoms with van der Waals surface area (Å²) in [7, 11) is 0. The van der Waals surface area contributed by atoms with Crippen LogP contribution in [0.2, 0.25) is 0 Å². The summed E-state index contributed by atoms with van der Waals surface area (Å²) in [6.45, 7) is 6.28. The summed E-state index contributed by atoms with van der Waals surface area (Å²) in [5, 5.41) is 0. The molecule has 0 aromatic heterocycles. The Kier molecular flexibility index (Phi) is 4.64. The van der Waals surface area contributed by atoms with Crippen LogP contribution in [0.1, 0.15) is 39.0 Å². The number of benzene rings is 1. The predicted octanol–water partition coefficient (Wildman–Crippen LogP) is 0.0934. The Morgan fingerprint density at radius 1 is 1.38 bits per heavy atom. The molecule has 1 aromatic rings. The molecule has 3 heteroatoms. The van der Waals surface area contributed by atoms with Crippen LogP contribution in [0.3, 0.4) is 0 Å². The first-order valence-electron chi connectivity index (χ1n) is 5.37. The zero-order valence-electron chi connectivity index (χ0n) is 10.5. The van der Waals surface area contributed by atoms with Crippen molar-refractivity contribution in [3.63, 3.8) is 0 Å². The molecule has 1 aliphatic rings. The van der Waals surface area contributed by atoms with Gasteiger partial charge in [0, 0.05) is 6.42 Å². The Bertz CT molecular complexity index is 324. The van der Waals surface area contributed by atoms with Crippen molar-refractivity contribution < 1.29 is 28.3 Å². The zero-order valence-corrected chi connectivity index (χ0v) is 10.5. The summed E-state index contributed by atoms with van der Waals surface area (Å²) in [4.78, 5) is 0. The Morgan fingerprint density at radius 2 is 2.12 bits per heavy atom. The Balaban J connectivity index is 0.00000128. The van der Waals surface area contributed by atoms with Crippen LogP contribution < -0.4 is 18.9 Å². The second-order valence-electron chi connectivity index (χ2n) is 4.68. The quantitative estimate of drug-likeness (QED) is 0.485. The van der Waals surface area contributed by atoms with E-state index in [1.807, 2.05) is 24.3 Å². The van der Waals surface area contributed by atoms with E-state index < -0.39 is 0 Å². The summed E-state index contributed by atoms with van der Waals surface area (Å²) in [6, 6.07) is 10.9. The van der Waals surface area contributed by atoms with Crippen LogP contribution >= 0.6 is 0 Å². The van der Waals surface area contributed by atoms with Crippen LogP contribution in [-0.4, -0.2) is 11.7 Å². The van der Waals surface area contributed by atoms with Crippen LogP contribution in [-0.2, 0) is 9.47 Å². The van der Waals surface area contributed by atoms with E-state index in [0.29, 0.717) is 0 Å².